The van der Waals surface area contributed by atoms with Crippen LogP contribution in [-0.2, 0) is 19.8 Å². The highest BCUT2D eigenvalue weighted by Crippen LogP contribution is 2.52. The third kappa shape index (κ3) is 3.34. The van der Waals surface area contributed by atoms with Gasteiger partial charge in [-0.05, 0) is 55.9 Å². The maximum absolute atomic E-state index is 13.6. The minimum atomic E-state index is -0.160. The standard InChI is InChI=1S/C27H34N2O5/c1-17-20-14-22-23(34-13-12-33-22)15-21(20)27(9-4-5-10-27)16-29(17)24(30)8-11-28-25(31)18-6-2-3-7-19(18)26(28)32/h14-15,17-19H,2-13,16H2,1H3. The summed E-state index contributed by atoms with van der Waals surface area (Å²) >= 11 is 0. The van der Waals surface area contributed by atoms with Gasteiger partial charge in [0.15, 0.2) is 11.5 Å². The summed E-state index contributed by atoms with van der Waals surface area (Å²) in [5.74, 6) is 1.16. The molecule has 1 aromatic carbocycles. The monoisotopic (exact) mass is 466 g/mol. The summed E-state index contributed by atoms with van der Waals surface area (Å²) in [5, 5.41) is 0. The molecular weight excluding hydrogens is 432 g/mol. The molecule has 0 aromatic heterocycles. The number of hydrogen-bond donors (Lipinski definition) is 0. The number of rotatable bonds is 3. The molecule has 1 aromatic rings. The molecule has 5 aliphatic rings. The van der Waals surface area contributed by atoms with E-state index in [1.54, 1.807) is 0 Å². The van der Waals surface area contributed by atoms with E-state index in [1.807, 2.05) is 4.90 Å². The van der Waals surface area contributed by atoms with Crippen molar-refractivity contribution in [3.63, 3.8) is 0 Å². The van der Waals surface area contributed by atoms with E-state index in [1.165, 1.54) is 10.5 Å². The Morgan fingerprint density at radius 2 is 1.59 bits per heavy atom. The van der Waals surface area contributed by atoms with E-state index >= 15 is 0 Å². The minimum Gasteiger partial charge on any atom is -0.486 e. The lowest BCUT2D eigenvalue weighted by Crippen LogP contribution is -2.49. The largest absolute Gasteiger partial charge is 0.486 e. The molecule has 6 rings (SSSR count). The van der Waals surface area contributed by atoms with Crippen molar-refractivity contribution in [1.82, 2.24) is 9.80 Å². The molecule has 3 atom stereocenters. The number of amides is 3. The fourth-order valence-electron chi connectivity index (χ4n) is 7.21. The van der Waals surface area contributed by atoms with Crippen molar-refractivity contribution in [3.05, 3.63) is 23.3 Å². The van der Waals surface area contributed by atoms with Crippen LogP contribution in [0.25, 0.3) is 0 Å². The molecule has 182 valence electrons. The van der Waals surface area contributed by atoms with Crippen LogP contribution >= 0.6 is 0 Å². The fourth-order valence-corrected chi connectivity index (χ4v) is 7.21. The van der Waals surface area contributed by atoms with Gasteiger partial charge in [0.1, 0.15) is 13.2 Å². The minimum absolute atomic E-state index is 0.0229. The Balaban J connectivity index is 1.23. The van der Waals surface area contributed by atoms with Crippen LogP contribution in [0.2, 0.25) is 0 Å². The lowest BCUT2D eigenvalue weighted by atomic mass is 9.71. The summed E-state index contributed by atoms with van der Waals surface area (Å²) in [6.07, 6.45) is 8.25. The van der Waals surface area contributed by atoms with Crippen molar-refractivity contribution in [1.29, 1.82) is 0 Å². The summed E-state index contributed by atoms with van der Waals surface area (Å²) < 4.78 is 11.7. The summed E-state index contributed by atoms with van der Waals surface area (Å²) in [5.41, 5.74) is 2.39. The maximum atomic E-state index is 13.6. The van der Waals surface area contributed by atoms with Gasteiger partial charge in [-0.25, -0.2) is 0 Å². The molecule has 1 spiro atoms. The molecule has 7 nitrogen and oxygen atoms in total. The van der Waals surface area contributed by atoms with Crippen molar-refractivity contribution < 1.29 is 23.9 Å². The van der Waals surface area contributed by atoms with Crippen LogP contribution in [0.1, 0.15) is 81.9 Å². The van der Waals surface area contributed by atoms with Crippen LogP contribution in [0.3, 0.4) is 0 Å². The van der Waals surface area contributed by atoms with Gasteiger partial charge >= 0.3 is 0 Å². The van der Waals surface area contributed by atoms with Gasteiger partial charge in [0.2, 0.25) is 17.7 Å². The first-order chi connectivity index (χ1) is 16.5. The van der Waals surface area contributed by atoms with Gasteiger partial charge in [-0.1, -0.05) is 25.7 Å². The second-order valence-electron chi connectivity index (χ2n) is 10.8. The van der Waals surface area contributed by atoms with Crippen molar-refractivity contribution in [2.45, 2.75) is 76.2 Å². The third-order valence-electron chi connectivity index (χ3n) is 9.04. The molecule has 1 saturated heterocycles. The van der Waals surface area contributed by atoms with Gasteiger partial charge in [0.25, 0.3) is 0 Å². The number of fused-ring (bicyclic) bond motifs is 4. The number of benzene rings is 1. The summed E-state index contributed by atoms with van der Waals surface area (Å²) in [7, 11) is 0. The molecule has 0 bridgehead atoms. The predicted molar refractivity (Wildman–Crippen MR) is 124 cm³/mol. The van der Waals surface area contributed by atoms with E-state index < -0.39 is 0 Å². The summed E-state index contributed by atoms with van der Waals surface area (Å²) in [6, 6.07) is 4.15. The number of carbonyl (C=O) groups is 3. The number of carbonyl (C=O) groups excluding carboxylic acids is 3. The molecule has 2 aliphatic carbocycles. The normalized spacial score (nSPS) is 29.4. The molecular formula is C27H34N2O5. The number of hydrogen-bond acceptors (Lipinski definition) is 5. The fraction of sp³-hybridized carbons (Fsp3) is 0.667. The molecule has 3 unspecified atom stereocenters. The molecule has 34 heavy (non-hydrogen) atoms. The van der Waals surface area contributed by atoms with Gasteiger partial charge in [0, 0.05) is 24.9 Å². The van der Waals surface area contributed by atoms with E-state index in [9.17, 15) is 14.4 Å². The SMILES string of the molecule is CC1c2cc3c(cc2C2(CCCC2)CN1C(=O)CCN1C(=O)C2CCCCC2C1=O)OCCO3. The summed E-state index contributed by atoms with van der Waals surface area (Å²) in [6.45, 7) is 4.07. The van der Waals surface area contributed by atoms with Crippen LogP contribution in [0.4, 0.5) is 0 Å². The Bertz CT molecular complexity index is 1010. The highest BCUT2D eigenvalue weighted by atomic mass is 16.6. The number of likely N-dealkylation sites (tertiary alicyclic amines) is 1. The number of imide groups is 1. The molecule has 7 heteroatoms. The first kappa shape index (κ1) is 21.9. The molecule has 3 fully saturated rings. The van der Waals surface area contributed by atoms with Gasteiger partial charge in [-0.15, -0.1) is 0 Å². The Morgan fingerprint density at radius 1 is 0.971 bits per heavy atom. The lowest BCUT2D eigenvalue weighted by Gasteiger charge is -2.46. The number of ether oxygens (including phenoxy) is 2. The van der Waals surface area contributed by atoms with Crippen LogP contribution in [0.15, 0.2) is 12.1 Å². The first-order valence-electron chi connectivity index (χ1n) is 13.1. The highest BCUT2D eigenvalue weighted by Gasteiger charge is 2.49. The van der Waals surface area contributed by atoms with Crippen molar-refractivity contribution in [2.75, 3.05) is 26.3 Å². The van der Waals surface area contributed by atoms with Gasteiger partial charge in [-0.2, -0.15) is 0 Å². The van der Waals surface area contributed by atoms with E-state index in [2.05, 4.69) is 19.1 Å². The third-order valence-corrected chi connectivity index (χ3v) is 9.04. The molecule has 3 heterocycles. The average Bonchev–Trinajstić information content (AvgIpc) is 3.43. The predicted octanol–water partition coefficient (Wildman–Crippen LogP) is 3.74. The van der Waals surface area contributed by atoms with E-state index in [-0.39, 0.29) is 54.0 Å². The smallest absolute Gasteiger partial charge is 0.233 e. The second kappa shape index (κ2) is 8.28. The second-order valence-corrected chi connectivity index (χ2v) is 10.8. The topological polar surface area (TPSA) is 76.2 Å². The van der Waals surface area contributed by atoms with Gasteiger partial charge in [0.05, 0.1) is 17.9 Å². The van der Waals surface area contributed by atoms with E-state index in [0.29, 0.717) is 19.8 Å². The molecule has 0 N–H and O–H groups in total. The van der Waals surface area contributed by atoms with Crippen molar-refractivity contribution in [3.8, 4) is 11.5 Å². The molecule has 2 saturated carbocycles. The van der Waals surface area contributed by atoms with Crippen LogP contribution in [0.5, 0.6) is 11.5 Å². The van der Waals surface area contributed by atoms with Crippen LogP contribution in [-0.4, -0.2) is 53.8 Å². The van der Waals surface area contributed by atoms with E-state index in [4.69, 9.17) is 9.47 Å². The van der Waals surface area contributed by atoms with Gasteiger partial charge in [-0.3, -0.25) is 19.3 Å². The zero-order chi connectivity index (χ0) is 23.4. The Kier molecular flexibility index (Phi) is 5.34. The van der Waals surface area contributed by atoms with Gasteiger partial charge < -0.3 is 14.4 Å². The number of nitrogens with zero attached hydrogens (tertiary/aromatic N) is 2. The zero-order valence-corrected chi connectivity index (χ0v) is 20.0. The van der Waals surface area contributed by atoms with Crippen molar-refractivity contribution in [2.24, 2.45) is 11.8 Å². The average molecular weight is 467 g/mol. The molecule has 3 aliphatic heterocycles. The molecule has 0 radical (unpaired) electrons. The van der Waals surface area contributed by atoms with Crippen molar-refractivity contribution >= 4 is 17.7 Å². The summed E-state index contributed by atoms with van der Waals surface area (Å²) in [4.78, 5) is 42.6. The van der Waals surface area contributed by atoms with E-state index in [0.717, 1.165) is 68.4 Å². The Labute approximate surface area is 200 Å². The Hall–Kier alpha value is -2.57. The maximum Gasteiger partial charge on any atom is 0.233 e. The quantitative estimate of drug-likeness (QED) is 0.635. The first-order valence-corrected chi connectivity index (χ1v) is 13.1. The Morgan fingerprint density at radius 3 is 2.24 bits per heavy atom. The molecule has 3 amide bonds. The highest BCUT2D eigenvalue weighted by molar-refractivity contribution is 6.05. The van der Waals surface area contributed by atoms with Crippen LogP contribution < -0.4 is 9.47 Å². The van der Waals surface area contributed by atoms with Crippen LogP contribution in [0, 0.1) is 11.8 Å². The zero-order valence-electron chi connectivity index (χ0n) is 20.0. The lowest BCUT2D eigenvalue weighted by molar-refractivity contribution is -0.141.